The largest absolute Gasteiger partial charge is 0.313 e. The van der Waals surface area contributed by atoms with E-state index in [0.29, 0.717) is 5.02 Å². The monoisotopic (exact) mass is 289 g/mol. The molecule has 1 saturated heterocycles. The Balaban J connectivity index is 2.01. The third-order valence-electron chi connectivity index (χ3n) is 2.84. The number of nitrogens with zero attached hydrogens (tertiary/aromatic N) is 1. The van der Waals surface area contributed by atoms with Crippen LogP contribution in [0.2, 0.25) is 5.02 Å². The number of halogens is 1. The summed E-state index contributed by atoms with van der Waals surface area (Å²) in [5.41, 5.74) is 0. The van der Waals surface area contributed by atoms with E-state index in [4.69, 9.17) is 11.6 Å². The number of hydrogen-bond donors (Lipinski definition) is 2. The third kappa shape index (κ3) is 3.83. The summed E-state index contributed by atoms with van der Waals surface area (Å²) in [5, 5.41) is 3.51. The first-order valence-corrected chi connectivity index (χ1v) is 7.94. The van der Waals surface area contributed by atoms with E-state index in [2.05, 4.69) is 15.0 Å². The van der Waals surface area contributed by atoms with Gasteiger partial charge in [-0.25, -0.2) is 13.4 Å². The molecule has 0 aliphatic carbocycles. The second kappa shape index (κ2) is 5.86. The van der Waals surface area contributed by atoms with Crippen molar-refractivity contribution < 1.29 is 8.42 Å². The van der Waals surface area contributed by atoms with Gasteiger partial charge in [-0.15, -0.1) is 0 Å². The highest BCUT2D eigenvalue weighted by molar-refractivity contribution is 7.92. The van der Waals surface area contributed by atoms with Crippen molar-refractivity contribution in [2.75, 3.05) is 17.0 Å². The fourth-order valence-corrected chi connectivity index (χ4v) is 3.56. The quantitative estimate of drug-likeness (QED) is 0.883. The lowest BCUT2D eigenvalue weighted by Crippen LogP contribution is -2.40. The maximum absolute atomic E-state index is 12.0. The average molecular weight is 290 g/mol. The van der Waals surface area contributed by atoms with E-state index in [0.717, 1.165) is 25.8 Å². The Labute approximate surface area is 112 Å². The Hall–Kier alpha value is -0.850. The number of pyridine rings is 1. The molecule has 2 N–H and O–H groups in total. The number of sulfonamides is 1. The van der Waals surface area contributed by atoms with Crippen LogP contribution in [0, 0.1) is 0 Å². The van der Waals surface area contributed by atoms with Gasteiger partial charge in [0.2, 0.25) is 10.0 Å². The molecule has 1 aliphatic heterocycles. The van der Waals surface area contributed by atoms with E-state index in [1.54, 1.807) is 12.1 Å². The Kier molecular flexibility index (Phi) is 4.42. The number of nitrogens with one attached hydrogen (secondary N) is 2. The van der Waals surface area contributed by atoms with Gasteiger partial charge in [-0.3, -0.25) is 4.72 Å². The predicted octanol–water partition coefficient (Wildman–Crippen LogP) is 1.62. The van der Waals surface area contributed by atoms with Gasteiger partial charge in [-0.05, 0) is 31.5 Å². The van der Waals surface area contributed by atoms with Crippen LogP contribution in [0.4, 0.5) is 5.82 Å². The van der Waals surface area contributed by atoms with Crippen molar-refractivity contribution in [2.24, 2.45) is 0 Å². The van der Waals surface area contributed by atoms with Gasteiger partial charge in [0.25, 0.3) is 0 Å². The zero-order chi connectivity index (χ0) is 13.0. The fourth-order valence-electron chi connectivity index (χ4n) is 1.98. The van der Waals surface area contributed by atoms with E-state index in [1.165, 1.54) is 6.20 Å². The van der Waals surface area contributed by atoms with Crippen molar-refractivity contribution in [3.05, 3.63) is 23.4 Å². The highest BCUT2D eigenvalue weighted by Crippen LogP contribution is 2.19. The predicted molar refractivity (Wildman–Crippen MR) is 72.3 cm³/mol. The van der Waals surface area contributed by atoms with Crippen molar-refractivity contribution in [3.8, 4) is 0 Å². The molecule has 1 atom stereocenters. The molecule has 0 spiro atoms. The second-order valence-corrected chi connectivity index (χ2v) is 6.54. The summed E-state index contributed by atoms with van der Waals surface area (Å²) in [6.45, 7) is 0.879. The number of hydrogen-bond acceptors (Lipinski definition) is 4. The molecule has 18 heavy (non-hydrogen) atoms. The van der Waals surface area contributed by atoms with Gasteiger partial charge >= 0.3 is 0 Å². The van der Waals surface area contributed by atoms with E-state index in [-0.39, 0.29) is 17.6 Å². The summed E-state index contributed by atoms with van der Waals surface area (Å²) < 4.78 is 26.4. The highest BCUT2D eigenvalue weighted by Gasteiger charge is 2.21. The molecule has 7 heteroatoms. The number of piperidine rings is 1. The van der Waals surface area contributed by atoms with E-state index in [9.17, 15) is 8.42 Å². The molecular formula is C11H16ClN3O2S. The van der Waals surface area contributed by atoms with E-state index < -0.39 is 10.0 Å². The molecule has 5 nitrogen and oxygen atoms in total. The van der Waals surface area contributed by atoms with Crippen LogP contribution in [0.15, 0.2) is 18.3 Å². The molecule has 0 bridgehead atoms. The maximum atomic E-state index is 12.0. The van der Waals surface area contributed by atoms with Crippen molar-refractivity contribution in [1.29, 1.82) is 0 Å². The topological polar surface area (TPSA) is 71.1 Å². The number of aromatic nitrogens is 1. The zero-order valence-corrected chi connectivity index (χ0v) is 11.5. The molecular weight excluding hydrogens is 274 g/mol. The van der Waals surface area contributed by atoms with Crippen LogP contribution in [0.5, 0.6) is 0 Å². The zero-order valence-electron chi connectivity index (χ0n) is 9.89. The van der Waals surface area contributed by atoms with Gasteiger partial charge in [0.15, 0.2) is 5.82 Å². The minimum Gasteiger partial charge on any atom is -0.313 e. The minimum absolute atomic E-state index is 0.0127. The first-order valence-electron chi connectivity index (χ1n) is 5.91. The molecule has 0 radical (unpaired) electrons. The summed E-state index contributed by atoms with van der Waals surface area (Å²) in [6, 6.07) is 3.27. The molecule has 2 rings (SSSR count). The van der Waals surface area contributed by atoms with Crippen molar-refractivity contribution in [3.63, 3.8) is 0 Å². The highest BCUT2D eigenvalue weighted by atomic mass is 35.5. The lowest BCUT2D eigenvalue weighted by molar-refractivity contribution is 0.424. The summed E-state index contributed by atoms with van der Waals surface area (Å²) in [5.74, 6) is 0.245. The first kappa shape index (κ1) is 13.6. The summed E-state index contributed by atoms with van der Waals surface area (Å²) >= 11 is 5.87. The Morgan fingerprint density at radius 3 is 3.00 bits per heavy atom. The summed E-state index contributed by atoms with van der Waals surface area (Å²) in [7, 11) is -3.42. The minimum atomic E-state index is -3.42. The first-order chi connectivity index (χ1) is 8.57. The van der Waals surface area contributed by atoms with Crippen molar-refractivity contribution in [2.45, 2.75) is 25.3 Å². The van der Waals surface area contributed by atoms with Crippen LogP contribution in [-0.4, -0.2) is 31.7 Å². The van der Waals surface area contributed by atoms with Gasteiger partial charge in [0.05, 0.1) is 10.8 Å². The molecule has 1 aromatic rings. The summed E-state index contributed by atoms with van der Waals surface area (Å²) in [4.78, 5) is 3.91. The Morgan fingerprint density at radius 2 is 2.33 bits per heavy atom. The van der Waals surface area contributed by atoms with Crippen molar-refractivity contribution >= 4 is 27.4 Å². The van der Waals surface area contributed by atoms with Crippen LogP contribution in [0.1, 0.15) is 19.3 Å². The fraction of sp³-hybridized carbons (Fsp3) is 0.545. The summed E-state index contributed by atoms with van der Waals surface area (Å²) in [6.07, 6.45) is 4.56. The molecule has 0 saturated carbocycles. The molecule has 1 fully saturated rings. The van der Waals surface area contributed by atoms with Crippen molar-refractivity contribution in [1.82, 2.24) is 10.3 Å². The molecule has 0 aromatic carbocycles. The van der Waals surface area contributed by atoms with Gasteiger partial charge < -0.3 is 5.32 Å². The van der Waals surface area contributed by atoms with E-state index in [1.807, 2.05) is 0 Å². The van der Waals surface area contributed by atoms with Gasteiger partial charge in [-0.2, -0.15) is 0 Å². The molecule has 2 heterocycles. The normalized spacial score (nSPS) is 20.6. The molecule has 1 aromatic heterocycles. The van der Waals surface area contributed by atoms with Gasteiger partial charge in [0, 0.05) is 12.2 Å². The molecule has 1 aliphatic rings. The third-order valence-corrected chi connectivity index (χ3v) is 4.49. The number of rotatable bonds is 4. The molecule has 100 valence electrons. The standard InChI is InChI=1S/C11H16ClN3O2S/c12-10-5-3-7-14-11(10)15-18(16,17)8-9-4-1-2-6-13-9/h3,5,7,9,13H,1-2,4,6,8H2,(H,14,15). The van der Waals surface area contributed by atoms with Crippen LogP contribution >= 0.6 is 11.6 Å². The molecule has 1 unspecified atom stereocenters. The Bertz CT molecular complexity index is 501. The average Bonchev–Trinajstić information content (AvgIpc) is 2.32. The Morgan fingerprint density at radius 1 is 1.50 bits per heavy atom. The SMILES string of the molecule is O=S(=O)(CC1CCCCN1)Nc1ncccc1Cl. The smallest absolute Gasteiger partial charge is 0.235 e. The maximum Gasteiger partial charge on any atom is 0.235 e. The lowest BCUT2D eigenvalue weighted by atomic mass is 10.1. The second-order valence-electron chi connectivity index (χ2n) is 4.36. The number of anilines is 1. The van der Waals surface area contributed by atoms with Crippen LogP contribution in [0.3, 0.4) is 0 Å². The lowest BCUT2D eigenvalue weighted by Gasteiger charge is -2.23. The van der Waals surface area contributed by atoms with Gasteiger partial charge in [-0.1, -0.05) is 18.0 Å². The van der Waals surface area contributed by atoms with Crippen LogP contribution < -0.4 is 10.0 Å². The van der Waals surface area contributed by atoms with Crippen LogP contribution in [-0.2, 0) is 10.0 Å². The van der Waals surface area contributed by atoms with Crippen LogP contribution in [0.25, 0.3) is 0 Å². The molecule has 0 amide bonds. The van der Waals surface area contributed by atoms with E-state index >= 15 is 0 Å². The van der Waals surface area contributed by atoms with Gasteiger partial charge in [0.1, 0.15) is 0 Å².